The van der Waals surface area contributed by atoms with E-state index in [1.807, 2.05) is 29.5 Å². The predicted octanol–water partition coefficient (Wildman–Crippen LogP) is 4.34. The average molecular weight is 361 g/mol. The van der Waals surface area contributed by atoms with Crippen molar-refractivity contribution in [3.63, 3.8) is 0 Å². The molecular weight excluding hydrogens is 344 g/mol. The van der Waals surface area contributed by atoms with Gasteiger partial charge in [0, 0.05) is 8.99 Å². The van der Waals surface area contributed by atoms with Crippen LogP contribution in [0.5, 0.6) is 0 Å². The number of halogens is 2. The van der Waals surface area contributed by atoms with Crippen LogP contribution in [0.1, 0.15) is 39.0 Å². The molecule has 0 saturated heterocycles. The molecule has 4 heteroatoms. The van der Waals surface area contributed by atoms with E-state index in [0.29, 0.717) is 5.69 Å². The Morgan fingerprint density at radius 2 is 2.00 bits per heavy atom. The zero-order valence-corrected chi connectivity index (χ0v) is 12.6. The molecule has 2 nitrogen and oxygen atoms in total. The summed E-state index contributed by atoms with van der Waals surface area (Å²) in [6.45, 7) is 2.03. The smallest absolute Gasteiger partial charge is 0.230 e. The Bertz CT molecular complexity index is 455. The largest absolute Gasteiger partial charge is 0.325 e. The lowest BCUT2D eigenvalue weighted by Gasteiger charge is -2.32. The molecule has 1 N–H and O–H groups in total. The Kier molecular flexibility index (Phi) is 4.25. The van der Waals surface area contributed by atoms with Crippen molar-refractivity contribution in [3.8, 4) is 0 Å². The maximum absolute atomic E-state index is 13.0. The van der Waals surface area contributed by atoms with Crippen LogP contribution in [0.25, 0.3) is 0 Å². The Balaban J connectivity index is 2.11. The second-order valence-corrected chi connectivity index (χ2v) is 6.36. The molecule has 0 aliphatic heterocycles. The normalized spacial score (nSPS) is 18.4. The molecule has 2 rings (SSSR count). The first-order valence-corrected chi connectivity index (χ1v) is 7.36. The van der Waals surface area contributed by atoms with Gasteiger partial charge in [-0.2, -0.15) is 0 Å². The van der Waals surface area contributed by atoms with Crippen molar-refractivity contribution in [2.45, 2.75) is 39.0 Å². The molecule has 1 aliphatic carbocycles. The highest BCUT2D eigenvalue weighted by atomic mass is 127. The van der Waals surface area contributed by atoms with Crippen molar-refractivity contribution in [2.24, 2.45) is 5.41 Å². The van der Waals surface area contributed by atoms with Gasteiger partial charge in [0.15, 0.2) is 0 Å². The summed E-state index contributed by atoms with van der Waals surface area (Å²) in [5.41, 5.74) is 0.434. The number of hydrogen-bond donors (Lipinski definition) is 1. The molecule has 0 atom stereocenters. The van der Waals surface area contributed by atoms with Crippen LogP contribution < -0.4 is 5.32 Å². The van der Waals surface area contributed by atoms with Gasteiger partial charge in [0.25, 0.3) is 0 Å². The zero-order chi connectivity index (χ0) is 13.2. The van der Waals surface area contributed by atoms with Gasteiger partial charge in [-0.15, -0.1) is 0 Å². The fraction of sp³-hybridized carbons (Fsp3) is 0.500. The molecule has 0 radical (unpaired) electrons. The van der Waals surface area contributed by atoms with E-state index >= 15 is 0 Å². The van der Waals surface area contributed by atoms with Gasteiger partial charge in [-0.25, -0.2) is 4.39 Å². The first-order chi connectivity index (χ1) is 8.51. The van der Waals surface area contributed by atoms with Crippen LogP contribution in [0.15, 0.2) is 18.2 Å². The maximum Gasteiger partial charge on any atom is 0.230 e. The van der Waals surface area contributed by atoms with E-state index in [9.17, 15) is 9.18 Å². The summed E-state index contributed by atoms with van der Waals surface area (Å²) in [6, 6.07) is 4.43. The van der Waals surface area contributed by atoms with E-state index < -0.39 is 0 Å². The zero-order valence-electron chi connectivity index (χ0n) is 10.4. The lowest BCUT2D eigenvalue weighted by molar-refractivity contribution is -0.126. The minimum atomic E-state index is -0.277. The molecule has 0 unspecified atom stereocenters. The summed E-state index contributed by atoms with van der Waals surface area (Å²) < 4.78 is 13.7. The Morgan fingerprint density at radius 3 is 2.61 bits per heavy atom. The highest BCUT2D eigenvalue weighted by molar-refractivity contribution is 14.1. The first-order valence-electron chi connectivity index (χ1n) is 6.28. The molecule has 1 aromatic carbocycles. The van der Waals surface area contributed by atoms with Gasteiger partial charge in [0.05, 0.1) is 5.69 Å². The number of benzene rings is 1. The molecule has 1 fully saturated rings. The number of hydrogen-bond acceptors (Lipinski definition) is 1. The molecule has 0 spiro atoms. The fourth-order valence-corrected chi connectivity index (χ4v) is 3.04. The fourth-order valence-electron chi connectivity index (χ4n) is 2.42. The summed E-state index contributed by atoms with van der Waals surface area (Å²) >= 11 is 2.04. The number of carbonyl (C=O) groups excluding carboxylic acids is 1. The SMILES string of the molecule is CC1(C(=O)Nc2ccc(F)cc2I)CCCCC1. The Morgan fingerprint density at radius 1 is 1.33 bits per heavy atom. The second kappa shape index (κ2) is 5.55. The lowest BCUT2D eigenvalue weighted by atomic mass is 9.75. The number of anilines is 1. The number of amides is 1. The summed E-state index contributed by atoms with van der Waals surface area (Å²) in [7, 11) is 0. The summed E-state index contributed by atoms with van der Waals surface area (Å²) in [6.07, 6.45) is 5.33. The van der Waals surface area contributed by atoms with Gasteiger partial charge in [0.1, 0.15) is 5.82 Å². The van der Waals surface area contributed by atoms with Crippen molar-refractivity contribution in [1.29, 1.82) is 0 Å². The summed E-state index contributed by atoms with van der Waals surface area (Å²) in [4.78, 5) is 12.3. The molecule has 0 heterocycles. The third kappa shape index (κ3) is 3.02. The van der Waals surface area contributed by atoms with Gasteiger partial charge in [-0.1, -0.05) is 26.2 Å². The molecule has 1 saturated carbocycles. The minimum Gasteiger partial charge on any atom is -0.325 e. The molecule has 1 aliphatic rings. The topological polar surface area (TPSA) is 29.1 Å². The van der Waals surface area contributed by atoms with Crippen LogP contribution in [-0.4, -0.2) is 5.91 Å². The predicted molar refractivity (Wildman–Crippen MR) is 78.9 cm³/mol. The van der Waals surface area contributed by atoms with Crippen LogP contribution in [0.2, 0.25) is 0 Å². The van der Waals surface area contributed by atoms with Crippen LogP contribution in [-0.2, 0) is 4.79 Å². The van der Waals surface area contributed by atoms with Crippen molar-refractivity contribution >= 4 is 34.2 Å². The van der Waals surface area contributed by atoms with E-state index in [-0.39, 0.29) is 17.1 Å². The highest BCUT2D eigenvalue weighted by Crippen LogP contribution is 2.37. The van der Waals surface area contributed by atoms with Crippen molar-refractivity contribution < 1.29 is 9.18 Å². The molecular formula is C14H17FINO. The standard InChI is InChI=1S/C14H17FINO/c1-14(7-3-2-4-8-14)13(18)17-12-6-5-10(15)9-11(12)16/h5-6,9H,2-4,7-8H2,1H3,(H,17,18). The van der Waals surface area contributed by atoms with Crippen LogP contribution >= 0.6 is 22.6 Å². The monoisotopic (exact) mass is 361 g/mol. The van der Waals surface area contributed by atoms with E-state index in [1.165, 1.54) is 18.6 Å². The number of nitrogens with one attached hydrogen (secondary N) is 1. The molecule has 18 heavy (non-hydrogen) atoms. The molecule has 1 aromatic rings. The van der Waals surface area contributed by atoms with Gasteiger partial charge in [0.2, 0.25) is 5.91 Å². The Hall–Kier alpha value is -0.650. The van der Waals surface area contributed by atoms with E-state index in [4.69, 9.17) is 0 Å². The summed E-state index contributed by atoms with van der Waals surface area (Å²) in [5, 5.41) is 2.93. The van der Waals surface area contributed by atoms with Gasteiger partial charge in [-0.3, -0.25) is 4.79 Å². The third-order valence-electron chi connectivity index (χ3n) is 3.68. The van der Waals surface area contributed by atoms with Gasteiger partial charge < -0.3 is 5.32 Å². The lowest BCUT2D eigenvalue weighted by Crippen LogP contribution is -2.35. The second-order valence-electron chi connectivity index (χ2n) is 5.20. The van der Waals surface area contributed by atoms with Gasteiger partial charge in [-0.05, 0) is 53.6 Å². The molecule has 0 bridgehead atoms. The molecule has 98 valence electrons. The number of rotatable bonds is 2. The van der Waals surface area contributed by atoms with E-state index in [0.717, 1.165) is 29.3 Å². The number of carbonyl (C=O) groups is 1. The molecule has 1 amide bonds. The Labute approximate surface area is 120 Å². The quantitative estimate of drug-likeness (QED) is 0.781. The van der Waals surface area contributed by atoms with E-state index in [1.54, 1.807) is 6.07 Å². The highest BCUT2D eigenvalue weighted by Gasteiger charge is 2.34. The van der Waals surface area contributed by atoms with Crippen molar-refractivity contribution in [2.75, 3.05) is 5.32 Å². The van der Waals surface area contributed by atoms with Crippen LogP contribution in [0.4, 0.5) is 10.1 Å². The van der Waals surface area contributed by atoms with Crippen molar-refractivity contribution in [3.05, 3.63) is 27.6 Å². The average Bonchev–Trinajstić information content (AvgIpc) is 2.33. The maximum atomic E-state index is 13.0. The van der Waals surface area contributed by atoms with Crippen LogP contribution in [0.3, 0.4) is 0 Å². The summed E-state index contributed by atoms with van der Waals surface area (Å²) in [5.74, 6) is -0.215. The minimum absolute atomic E-state index is 0.0618. The van der Waals surface area contributed by atoms with Gasteiger partial charge >= 0.3 is 0 Å². The van der Waals surface area contributed by atoms with E-state index in [2.05, 4.69) is 5.32 Å². The molecule has 0 aromatic heterocycles. The third-order valence-corrected chi connectivity index (χ3v) is 4.58. The van der Waals surface area contributed by atoms with Crippen LogP contribution in [0, 0.1) is 14.8 Å². The first kappa shape index (κ1) is 13.8. The van der Waals surface area contributed by atoms with Crippen molar-refractivity contribution in [1.82, 2.24) is 0 Å².